The van der Waals surface area contributed by atoms with Gasteiger partial charge in [-0.05, 0) is 43.7 Å². The summed E-state index contributed by atoms with van der Waals surface area (Å²) in [6.07, 6.45) is 0. The lowest BCUT2D eigenvalue weighted by molar-refractivity contribution is -0.120. The van der Waals surface area contributed by atoms with E-state index < -0.39 is 0 Å². The number of amides is 2. The maximum absolute atomic E-state index is 12.2. The van der Waals surface area contributed by atoms with E-state index >= 15 is 0 Å². The van der Waals surface area contributed by atoms with Crippen LogP contribution in [0.4, 0.5) is 0 Å². The van der Waals surface area contributed by atoms with Crippen LogP contribution >= 0.6 is 27.3 Å². The molecule has 2 amide bonds. The molecule has 1 aromatic heterocycles. The van der Waals surface area contributed by atoms with Crippen molar-refractivity contribution in [1.29, 1.82) is 0 Å². The van der Waals surface area contributed by atoms with Gasteiger partial charge in [0.15, 0.2) is 11.5 Å². The molecule has 2 N–H and O–H groups in total. The van der Waals surface area contributed by atoms with Gasteiger partial charge in [0, 0.05) is 9.35 Å². The average molecular weight is 439 g/mol. The standard InChI is InChI=1S/C18H19BrN2O4S/c1-10-3-4-16(26-10)18(23)20-9-17(22)21-11(2)12-7-14-15(8-13(12)19)25-6-5-24-14/h3-4,7-8,11H,5-6,9H2,1-2H3,(H,20,23)(H,21,22). The van der Waals surface area contributed by atoms with Crippen molar-refractivity contribution in [2.75, 3.05) is 19.8 Å². The molecule has 0 bridgehead atoms. The molecular formula is C18H19BrN2O4S. The predicted octanol–water partition coefficient (Wildman–Crippen LogP) is 3.20. The minimum Gasteiger partial charge on any atom is -0.486 e. The van der Waals surface area contributed by atoms with Crippen LogP contribution in [0.25, 0.3) is 0 Å². The van der Waals surface area contributed by atoms with E-state index in [1.165, 1.54) is 11.3 Å². The zero-order valence-electron chi connectivity index (χ0n) is 14.4. The highest BCUT2D eigenvalue weighted by Gasteiger charge is 2.19. The van der Waals surface area contributed by atoms with Crippen LogP contribution in [0, 0.1) is 6.92 Å². The van der Waals surface area contributed by atoms with E-state index in [0.717, 1.165) is 14.9 Å². The minimum absolute atomic E-state index is 0.0811. The van der Waals surface area contributed by atoms with Gasteiger partial charge in [0.2, 0.25) is 5.91 Å². The van der Waals surface area contributed by atoms with E-state index in [2.05, 4.69) is 26.6 Å². The highest BCUT2D eigenvalue weighted by atomic mass is 79.9. The molecule has 8 heteroatoms. The molecule has 1 atom stereocenters. The summed E-state index contributed by atoms with van der Waals surface area (Å²) in [6, 6.07) is 7.07. The Kier molecular flexibility index (Phi) is 5.83. The Hall–Kier alpha value is -2.06. The van der Waals surface area contributed by atoms with Gasteiger partial charge in [-0.2, -0.15) is 0 Å². The summed E-state index contributed by atoms with van der Waals surface area (Å²) in [5.41, 5.74) is 0.878. The van der Waals surface area contributed by atoms with E-state index in [9.17, 15) is 9.59 Å². The first-order valence-electron chi connectivity index (χ1n) is 8.17. The summed E-state index contributed by atoms with van der Waals surface area (Å²) in [6.45, 7) is 4.75. The van der Waals surface area contributed by atoms with Crippen LogP contribution < -0.4 is 20.1 Å². The molecule has 2 heterocycles. The van der Waals surface area contributed by atoms with Crippen molar-refractivity contribution in [3.63, 3.8) is 0 Å². The molecule has 1 aromatic carbocycles. The number of hydrogen-bond acceptors (Lipinski definition) is 5. The van der Waals surface area contributed by atoms with Crippen molar-refractivity contribution in [2.24, 2.45) is 0 Å². The van der Waals surface area contributed by atoms with E-state index in [-0.39, 0.29) is 24.4 Å². The SMILES string of the molecule is Cc1ccc(C(=O)NCC(=O)NC(C)c2cc3c(cc2Br)OCCO3)s1. The molecule has 2 aromatic rings. The number of thiophene rings is 1. The topological polar surface area (TPSA) is 76.7 Å². The third-order valence-electron chi connectivity index (χ3n) is 3.88. The second-order valence-corrected chi connectivity index (χ2v) is 8.04. The van der Waals surface area contributed by atoms with Crippen LogP contribution in [0.3, 0.4) is 0 Å². The van der Waals surface area contributed by atoms with Crippen molar-refractivity contribution >= 4 is 39.1 Å². The van der Waals surface area contributed by atoms with Gasteiger partial charge in [-0.1, -0.05) is 15.9 Å². The van der Waals surface area contributed by atoms with E-state index in [1.807, 2.05) is 32.0 Å². The van der Waals surface area contributed by atoms with E-state index in [0.29, 0.717) is 29.6 Å². The molecule has 1 aliphatic heterocycles. The van der Waals surface area contributed by atoms with Crippen molar-refractivity contribution in [2.45, 2.75) is 19.9 Å². The quantitative estimate of drug-likeness (QED) is 0.751. The Bertz CT molecular complexity index is 837. The van der Waals surface area contributed by atoms with Crippen LogP contribution in [-0.4, -0.2) is 31.6 Å². The summed E-state index contributed by atoms with van der Waals surface area (Å²) >= 11 is 4.90. The summed E-state index contributed by atoms with van der Waals surface area (Å²) < 4.78 is 12.0. The molecule has 0 saturated carbocycles. The smallest absolute Gasteiger partial charge is 0.261 e. The lowest BCUT2D eigenvalue weighted by atomic mass is 10.1. The van der Waals surface area contributed by atoms with Gasteiger partial charge in [-0.25, -0.2) is 0 Å². The number of ether oxygens (including phenoxy) is 2. The molecule has 0 aliphatic carbocycles. The molecule has 0 fully saturated rings. The molecule has 3 rings (SSSR count). The third-order valence-corrected chi connectivity index (χ3v) is 5.57. The van der Waals surface area contributed by atoms with Gasteiger partial charge in [0.05, 0.1) is 17.5 Å². The maximum Gasteiger partial charge on any atom is 0.261 e. The zero-order chi connectivity index (χ0) is 18.7. The Morgan fingerprint density at radius 1 is 1.23 bits per heavy atom. The lowest BCUT2D eigenvalue weighted by Gasteiger charge is -2.22. The number of hydrogen-bond donors (Lipinski definition) is 2. The predicted molar refractivity (Wildman–Crippen MR) is 103 cm³/mol. The number of rotatable bonds is 5. The molecule has 0 radical (unpaired) electrons. The summed E-state index contributed by atoms with van der Waals surface area (Å²) in [5, 5.41) is 5.52. The first kappa shape index (κ1) is 18.7. The first-order chi connectivity index (χ1) is 12.4. The van der Waals surface area contributed by atoms with Crippen LogP contribution in [-0.2, 0) is 4.79 Å². The van der Waals surface area contributed by atoms with Crippen LogP contribution in [0.5, 0.6) is 11.5 Å². The number of benzene rings is 1. The molecule has 6 nitrogen and oxygen atoms in total. The monoisotopic (exact) mass is 438 g/mol. The van der Waals surface area contributed by atoms with Crippen molar-refractivity contribution in [1.82, 2.24) is 10.6 Å². The minimum atomic E-state index is -0.263. The Morgan fingerprint density at radius 3 is 2.58 bits per heavy atom. The second kappa shape index (κ2) is 8.09. The van der Waals surface area contributed by atoms with Gasteiger partial charge in [0.1, 0.15) is 13.2 Å². The van der Waals surface area contributed by atoms with Gasteiger partial charge < -0.3 is 20.1 Å². The normalized spacial score (nSPS) is 13.8. The Labute approximate surface area is 164 Å². The molecule has 0 spiro atoms. The Morgan fingerprint density at radius 2 is 1.92 bits per heavy atom. The fourth-order valence-electron chi connectivity index (χ4n) is 2.59. The van der Waals surface area contributed by atoms with Gasteiger partial charge in [-0.15, -0.1) is 11.3 Å². The molecule has 1 unspecified atom stereocenters. The fourth-order valence-corrected chi connectivity index (χ4v) is 4.04. The van der Waals surface area contributed by atoms with E-state index in [4.69, 9.17) is 9.47 Å². The molecule has 1 aliphatic rings. The second-order valence-electron chi connectivity index (χ2n) is 5.90. The maximum atomic E-state index is 12.2. The summed E-state index contributed by atoms with van der Waals surface area (Å²) in [4.78, 5) is 25.8. The number of aryl methyl sites for hydroxylation is 1. The average Bonchev–Trinajstić information content (AvgIpc) is 3.05. The van der Waals surface area contributed by atoms with Crippen molar-refractivity contribution in [3.05, 3.63) is 44.1 Å². The molecule has 138 valence electrons. The lowest BCUT2D eigenvalue weighted by Crippen LogP contribution is -2.37. The number of halogens is 1. The molecular weight excluding hydrogens is 420 g/mol. The largest absolute Gasteiger partial charge is 0.486 e. The highest BCUT2D eigenvalue weighted by Crippen LogP contribution is 2.37. The summed E-state index contributed by atoms with van der Waals surface area (Å²) in [7, 11) is 0. The number of carbonyl (C=O) groups is 2. The highest BCUT2D eigenvalue weighted by molar-refractivity contribution is 9.10. The van der Waals surface area contributed by atoms with E-state index in [1.54, 1.807) is 6.07 Å². The molecule has 26 heavy (non-hydrogen) atoms. The van der Waals surface area contributed by atoms with Gasteiger partial charge >= 0.3 is 0 Å². The van der Waals surface area contributed by atoms with Crippen molar-refractivity contribution in [3.8, 4) is 11.5 Å². The van der Waals surface area contributed by atoms with Crippen LogP contribution in [0.15, 0.2) is 28.7 Å². The third kappa shape index (κ3) is 4.37. The first-order valence-corrected chi connectivity index (χ1v) is 9.78. The van der Waals surface area contributed by atoms with Crippen molar-refractivity contribution < 1.29 is 19.1 Å². The Balaban J connectivity index is 1.58. The number of carbonyl (C=O) groups excluding carboxylic acids is 2. The molecule has 0 saturated heterocycles. The summed E-state index contributed by atoms with van der Waals surface area (Å²) in [5.74, 6) is 0.841. The van der Waals surface area contributed by atoms with Crippen LogP contribution in [0.1, 0.15) is 33.1 Å². The zero-order valence-corrected chi connectivity index (χ0v) is 16.8. The van der Waals surface area contributed by atoms with Gasteiger partial charge in [-0.3, -0.25) is 9.59 Å². The fraction of sp³-hybridized carbons (Fsp3) is 0.333. The number of fused-ring (bicyclic) bond motifs is 1. The number of nitrogens with one attached hydrogen (secondary N) is 2. The van der Waals surface area contributed by atoms with Crippen LogP contribution in [0.2, 0.25) is 0 Å². The van der Waals surface area contributed by atoms with Gasteiger partial charge in [0.25, 0.3) is 5.91 Å².